The lowest BCUT2D eigenvalue weighted by Crippen LogP contribution is -1.83. The van der Waals surface area contributed by atoms with Gasteiger partial charge in [-0.1, -0.05) is 0 Å². The van der Waals surface area contributed by atoms with Crippen molar-refractivity contribution in [2.75, 3.05) is 7.11 Å². The molecule has 3 nitrogen and oxygen atoms in total. The third kappa shape index (κ3) is 1.69. The molecule has 0 spiro atoms. The molecular formula is C13H13NO2. The summed E-state index contributed by atoms with van der Waals surface area (Å²) in [7, 11) is 1.66. The smallest absolute Gasteiger partial charge is 0.197 e. The van der Waals surface area contributed by atoms with E-state index in [1.807, 2.05) is 24.3 Å². The van der Waals surface area contributed by atoms with Crippen molar-refractivity contribution in [3.63, 3.8) is 0 Å². The van der Waals surface area contributed by atoms with Crippen molar-refractivity contribution in [2.24, 2.45) is 0 Å². The first-order chi connectivity index (χ1) is 7.86. The number of aromatic nitrogens is 1. The quantitative estimate of drug-likeness (QED) is 0.788. The monoisotopic (exact) mass is 215 g/mol. The van der Waals surface area contributed by atoms with Gasteiger partial charge in [-0.3, -0.25) is 0 Å². The Kier molecular flexibility index (Phi) is 2.17. The lowest BCUT2D eigenvalue weighted by Gasteiger charge is -1.99. The van der Waals surface area contributed by atoms with Crippen LogP contribution in [0.15, 0.2) is 34.9 Å². The van der Waals surface area contributed by atoms with E-state index in [9.17, 15) is 0 Å². The zero-order chi connectivity index (χ0) is 11.0. The Balaban J connectivity index is 1.88. The molecule has 1 saturated carbocycles. The lowest BCUT2D eigenvalue weighted by atomic mass is 10.2. The molecule has 0 bridgehead atoms. The standard InChI is InChI=1S/C13H13NO2/c1-15-11-6-4-9(5-7-11)12-8-16-13(14-12)10-2-3-10/h4-8,10H,2-3H2,1H3. The van der Waals surface area contributed by atoms with Gasteiger partial charge in [0.1, 0.15) is 17.7 Å². The van der Waals surface area contributed by atoms with E-state index in [0.29, 0.717) is 5.92 Å². The van der Waals surface area contributed by atoms with Crippen LogP contribution in [0.25, 0.3) is 11.3 Å². The molecule has 16 heavy (non-hydrogen) atoms. The minimum atomic E-state index is 0.562. The Hall–Kier alpha value is -1.77. The number of nitrogens with zero attached hydrogens (tertiary/aromatic N) is 1. The number of hydrogen-bond acceptors (Lipinski definition) is 3. The van der Waals surface area contributed by atoms with Crippen LogP contribution < -0.4 is 4.74 Å². The van der Waals surface area contributed by atoms with Crippen LogP contribution in [0, 0.1) is 0 Å². The normalized spacial score (nSPS) is 15.1. The van der Waals surface area contributed by atoms with Gasteiger partial charge >= 0.3 is 0 Å². The molecule has 1 aromatic carbocycles. The molecule has 0 unspecified atom stereocenters. The van der Waals surface area contributed by atoms with Gasteiger partial charge in [-0.25, -0.2) is 4.98 Å². The molecule has 1 aliphatic carbocycles. The molecule has 0 N–H and O–H groups in total. The Morgan fingerprint density at radius 3 is 2.62 bits per heavy atom. The number of methoxy groups -OCH3 is 1. The van der Waals surface area contributed by atoms with E-state index in [1.165, 1.54) is 12.8 Å². The minimum absolute atomic E-state index is 0.562. The van der Waals surface area contributed by atoms with E-state index in [-0.39, 0.29) is 0 Å². The van der Waals surface area contributed by atoms with Crippen molar-refractivity contribution >= 4 is 0 Å². The highest BCUT2D eigenvalue weighted by Gasteiger charge is 2.28. The second-order valence-corrected chi connectivity index (χ2v) is 4.07. The maximum absolute atomic E-state index is 5.46. The highest BCUT2D eigenvalue weighted by atomic mass is 16.5. The summed E-state index contributed by atoms with van der Waals surface area (Å²) in [5.74, 6) is 2.30. The minimum Gasteiger partial charge on any atom is -0.497 e. The maximum Gasteiger partial charge on any atom is 0.197 e. The topological polar surface area (TPSA) is 35.3 Å². The van der Waals surface area contributed by atoms with Gasteiger partial charge < -0.3 is 9.15 Å². The molecule has 2 aromatic rings. The number of benzene rings is 1. The Morgan fingerprint density at radius 2 is 2.00 bits per heavy atom. The average molecular weight is 215 g/mol. The van der Waals surface area contributed by atoms with Crippen LogP contribution in [0.4, 0.5) is 0 Å². The molecule has 3 rings (SSSR count). The zero-order valence-corrected chi connectivity index (χ0v) is 9.14. The zero-order valence-electron chi connectivity index (χ0n) is 9.14. The Morgan fingerprint density at radius 1 is 1.25 bits per heavy atom. The summed E-state index contributed by atoms with van der Waals surface area (Å²) in [6, 6.07) is 7.85. The molecule has 1 aliphatic rings. The van der Waals surface area contributed by atoms with E-state index in [2.05, 4.69) is 4.98 Å². The van der Waals surface area contributed by atoms with Gasteiger partial charge in [-0.2, -0.15) is 0 Å². The van der Waals surface area contributed by atoms with Gasteiger partial charge in [0.15, 0.2) is 5.89 Å². The predicted octanol–water partition coefficient (Wildman–Crippen LogP) is 3.23. The van der Waals surface area contributed by atoms with E-state index in [0.717, 1.165) is 22.9 Å². The highest BCUT2D eigenvalue weighted by molar-refractivity contribution is 5.59. The summed E-state index contributed by atoms with van der Waals surface area (Å²) in [5, 5.41) is 0. The number of oxazole rings is 1. The van der Waals surface area contributed by atoms with E-state index >= 15 is 0 Å². The first-order valence-electron chi connectivity index (χ1n) is 5.46. The van der Waals surface area contributed by atoms with Gasteiger partial charge in [-0.15, -0.1) is 0 Å². The fraction of sp³-hybridized carbons (Fsp3) is 0.308. The molecule has 0 amide bonds. The van der Waals surface area contributed by atoms with Gasteiger partial charge in [0.25, 0.3) is 0 Å². The van der Waals surface area contributed by atoms with Gasteiger partial charge in [0.2, 0.25) is 0 Å². The maximum atomic E-state index is 5.46. The number of hydrogen-bond donors (Lipinski definition) is 0. The number of rotatable bonds is 3. The molecule has 1 heterocycles. The molecule has 0 radical (unpaired) electrons. The van der Waals surface area contributed by atoms with Crippen LogP contribution in [0.3, 0.4) is 0 Å². The average Bonchev–Trinajstić information content (AvgIpc) is 3.08. The largest absolute Gasteiger partial charge is 0.497 e. The summed E-state index contributed by atoms with van der Waals surface area (Å²) in [5.41, 5.74) is 1.97. The molecule has 0 aliphatic heterocycles. The van der Waals surface area contributed by atoms with Crippen LogP contribution in [0.2, 0.25) is 0 Å². The predicted molar refractivity (Wildman–Crippen MR) is 60.5 cm³/mol. The molecule has 0 saturated heterocycles. The summed E-state index contributed by atoms with van der Waals surface area (Å²) in [4.78, 5) is 4.49. The molecule has 0 atom stereocenters. The van der Waals surface area contributed by atoms with Crippen LogP contribution in [-0.4, -0.2) is 12.1 Å². The molecule has 1 fully saturated rings. The van der Waals surface area contributed by atoms with Crippen molar-refractivity contribution in [3.8, 4) is 17.0 Å². The third-order valence-corrected chi connectivity index (χ3v) is 2.83. The van der Waals surface area contributed by atoms with Crippen molar-refractivity contribution in [1.29, 1.82) is 0 Å². The van der Waals surface area contributed by atoms with Crippen molar-refractivity contribution in [2.45, 2.75) is 18.8 Å². The summed E-state index contributed by atoms with van der Waals surface area (Å²) >= 11 is 0. The molecule has 1 aromatic heterocycles. The first kappa shape index (κ1) is 9.46. The summed E-state index contributed by atoms with van der Waals surface area (Å²) in [6.45, 7) is 0. The van der Waals surface area contributed by atoms with Crippen LogP contribution >= 0.6 is 0 Å². The molecular weight excluding hydrogens is 202 g/mol. The number of ether oxygens (including phenoxy) is 1. The van der Waals surface area contributed by atoms with Crippen molar-refractivity contribution in [1.82, 2.24) is 4.98 Å². The highest BCUT2D eigenvalue weighted by Crippen LogP contribution is 2.40. The second kappa shape index (κ2) is 3.67. The van der Waals surface area contributed by atoms with Gasteiger partial charge in [-0.05, 0) is 37.1 Å². The Labute approximate surface area is 94.1 Å². The third-order valence-electron chi connectivity index (χ3n) is 2.83. The van der Waals surface area contributed by atoms with Crippen LogP contribution in [-0.2, 0) is 0 Å². The second-order valence-electron chi connectivity index (χ2n) is 4.07. The Bertz CT molecular complexity index is 483. The summed E-state index contributed by atoms with van der Waals surface area (Å²) < 4.78 is 10.6. The van der Waals surface area contributed by atoms with E-state index in [1.54, 1.807) is 13.4 Å². The fourth-order valence-corrected chi connectivity index (χ4v) is 1.70. The lowest BCUT2D eigenvalue weighted by molar-refractivity contribution is 0.415. The van der Waals surface area contributed by atoms with Crippen LogP contribution in [0.1, 0.15) is 24.7 Å². The SMILES string of the molecule is COc1ccc(-c2coc(C3CC3)n2)cc1. The molecule has 3 heteroatoms. The van der Waals surface area contributed by atoms with E-state index < -0.39 is 0 Å². The van der Waals surface area contributed by atoms with Crippen molar-refractivity contribution in [3.05, 3.63) is 36.4 Å². The first-order valence-corrected chi connectivity index (χ1v) is 5.46. The molecule has 82 valence electrons. The van der Waals surface area contributed by atoms with Crippen LogP contribution in [0.5, 0.6) is 5.75 Å². The van der Waals surface area contributed by atoms with Gasteiger partial charge in [0, 0.05) is 11.5 Å². The van der Waals surface area contributed by atoms with E-state index in [4.69, 9.17) is 9.15 Å². The van der Waals surface area contributed by atoms with Crippen molar-refractivity contribution < 1.29 is 9.15 Å². The summed E-state index contributed by atoms with van der Waals surface area (Å²) in [6.07, 6.45) is 4.15. The fourth-order valence-electron chi connectivity index (χ4n) is 1.70. The van der Waals surface area contributed by atoms with Gasteiger partial charge in [0.05, 0.1) is 7.11 Å².